The van der Waals surface area contributed by atoms with Crippen LogP contribution in [0.15, 0.2) is 12.2 Å². The Balaban J connectivity index is 3.89. The molecule has 0 aromatic carbocycles. The Morgan fingerprint density at radius 3 is 0.914 bits per heavy atom. The average Bonchev–Trinajstić information content (AvgIpc) is 3.44. The number of quaternary nitrogens is 1. The summed E-state index contributed by atoms with van der Waals surface area (Å²) >= 11 is 0. The molecule has 1 N–H and O–H groups in total. The molecule has 0 aliphatic heterocycles. The molecule has 81 heavy (non-hydrogen) atoms. The third kappa shape index (κ3) is 65.4. The molecule has 9 heteroatoms. The Kier molecular flexibility index (Phi) is 62.5. The van der Waals surface area contributed by atoms with Crippen LogP contribution < -0.4 is 0 Å². The number of nitrogens with zero attached hydrogens (tertiary/aromatic N) is 1. The van der Waals surface area contributed by atoms with E-state index >= 15 is 0 Å². The van der Waals surface area contributed by atoms with Crippen LogP contribution in [0.2, 0.25) is 0 Å². The van der Waals surface area contributed by atoms with Crippen LogP contribution in [0.5, 0.6) is 0 Å². The number of carboxylic acids is 1. The molecule has 2 unspecified atom stereocenters. The molecule has 0 rings (SSSR count). The van der Waals surface area contributed by atoms with Crippen molar-refractivity contribution in [2.24, 2.45) is 0 Å². The largest absolute Gasteiger partial charge is 0.477 e. The van der Waals surface area contributed by atoms with Gasteiger partial charge in [-0.25, -0.2) is 4.79 Å². The van der Waals surface area contributed by atoms with Gasteiger partial charge in [-0.3, -0.25) is 9.59 Å². The van der Waals surface area contributed by atoms with Gasteiger partial charge in [-0.15, -0.1) is 0 Å². The smallest absolute Gasteiger partial charge is 0.361 e. The number of likely N-dealkylation sites (N-methyl/N-ethyl adjacent to an activating group) is 1. The monoisotopic (exact) mass is 1150 g/mol. The van der Waals surface area contributed by atoms with Gasteiger partial charge >= 0.3 is 17.9 Å². The number of carbonyl (C=O) groups excluding carboxylic acids is 2. The van der Waals surface area contributed by atoms with Gasteiger partial charge in [-0.2, -0.15) is 0 Å². The van der Waals surface area contributed by atoms with Crippen molar-refractivity contribution in [2.75, 3.05) is 47.5 Å². The maximum absolute atomic E-state index is 12.9. The van der Waals surface area contributed by atoms with Gasteiger partial charge in [0.25, 0.3) is 6.29 Å². The van der Waals surface area contributed by atoms with E-state index in [0.717, 1.165) is 51.4 Å². The van der Waals surface area contributed by atoms with Crippen LogP contribution >= 0.6 is 0 Å². The summed E-state index contributed by atoms with van der Waals surface area (Å²) in [7, 11) is 5.99. The van der Waals surface area contributed by atoms with E-state index < -0.39 is 24.3 Å². The summed E-state index contributed by atoms with van der Waals surface area (Å²) in [4.78, 5) is 37.5. The zero-order valence-electron chi connectivity index (χ0n) is 55.0. The minimum atomic E-state index is -1.51. The van der Waals surface area contributed by atoms with E-state index in [1.54, 1.807) is 0 Å². The molecule has 0 spiro atoms. The molecule has 0 aliphatic rings. The molecule has 0 radical (unpaired) electrons. The summed E-state index contributed by atoms with van der Waals surface area (Å²) in [6.45, 7) is 4.94. The molecule has 0 aromatic rings. The first-order chi connectivity index (χ1) is 39.6. The Bertz CT molecular complexity index is 1330. The van der Waals surface area contributed by atoms with Gasteiger partial charge in [-0.1, -0.05) is 334 Å². The first-order valence-corrected chi connectivity index (χ1v) is 35.9. The predicted octanol–water partition coefficient (Wildman–Crippen LogP) is 22.0. The number of carbonyl (C=O) groups is 3. The number of ether oxygens (including phenoxy) is 4. The number of hydrogen-bond acceptors (Lipinski definition) is 7. The standard InChI is InChI=1S/C72H139NO8/c1-6-8-10-12-14-16-18-20-22-24-25-26-27-28-29-30-31-32-33-34-35-36-37-38-39-40-41-42-43-44-45-47-48-50-52-54-56-58-60-62-69(74)79-66-68(67-80-72(71(76)77)78-65-64-73(3,4)5)81-70(75)63-61-59-57-55-53-51-49-46-23-21-19-17-15-13-11-9-7-2/h21,23,68,72H,6-20,22,24-67H2,1-5H3/p+1/b23-21-. The molecule has 0 heterocycles. The van der Waals surface area contributed by atoms with Gasteiger partial charge in [0, 0.05) is 12.8 Å². The van der Waals surface area contributed by atoms with Crippen molar-refractivity contribution in [2.45, 2.75) is 386 Å². The molecule has 0 aromatic heterocycles. The number of aliphatic carboxylic acids is 1. The SMILES string of the molecule is CCCCCCCC/C=C\CCCCCCCCCC(=O)OC(COC(=O)CCCCCCCCCCCCCCCCCCCCCCCCCCCCCCCCCCCCCCCCC)COC(OCC[N+](C)(C)C)C(=O)O. The molecular weight excluding hydrogens is 1010 g/mol. The summed E-state index contributed by atoms with van der Waals surface area (Å²) < 4.78 is 23.0. The highest BCUT2D eigenvalue weighted by Gasteiger charge is 2.25. The van der Waals surface area contributed by atoms with Gasteiger partial charge in [-0.05, 0) is 38.5 Å². The fraction of sp³-hybridized carbons (Fsp3) is 0.931. The van der Waals surface area contributed by atoms with Crippen LogP contribution in [0.25, 0.3) is 0 Å². The summed E-state index contributed by atoms with van der Waals surface area (Å²) in [5.41, 5.74) is 0. The Morgan fingerprint density at radius 2 is 0.630 bits per heavy atom. The van der Waals surface area contributed by atoms with E-state index in [1.807, 2.05) is 21.1 Å². The van der Waals surface area contributed by atoms with Crippen molar-refractivity contribution in [3.05, 3.63) is 12.2 Å². The topological polar surface area (TPSA) is 108 Å². The molecule has 0 aliphatic carbocycles. The second kappa shape index (κ2) is 64.0. The molecule has 2 atom stereocenters. The summed E-state index contributed by atoms with van der Waals surface area (Å²) in [6.07, 6.45) is 75.0. The normalized spacial score (nSPS) is 12.7. The predicted molar refractivity (Wildman–Crippen MR) is 346 cm³/mol. The van der Waals surface area contributed by atoms with Crippen LogP contribution in [0, 0.1) is 0 Å². The maximum atomic E-state index is 12.9. The van der Waals surface area contributed by atoms with E-state index in [4.69, 9.17) is 18.9 Å². The van der Waals surface area contributed by atoms with Gasteiger partial charge in [0.05, 0.1) is 34.4 Å². The minimum absolute atomic E-state index is 0.177. The van der Waals surface area contributed by atoms with E-state index in [9.17, 15) is 19.5 Å². The molecule has 480 valence electrons. The zero-order valence-corrected chi connectivity index (χ0v) is 55.0. The van der Waals surface area contributed by atoms with Crippen molar-refractivity contribution in [3.63, 3.8) is 0 Å². The summed E-state index contributed by atoms with van der Waals surface area (Å²) in [6, 6.07) is 0. The van der Waals surface area contributed by atoms with E-state index in [-0.39, 0.29) is 32.2 Å². The lowest BCUT2D eigenvalue weighted by molar-refractivity contribution is -0.870. The molecule has 0 saturated carbocycles. The lowest BCUT2D eigenvalue weighted by atomic mass is 10.0. The van der Waals surface area contributed by atoms with E-state index in [1.165, 1.54) is 295 Å². The maximum Gasteiger partial charge on any atom is 0.361 e. The van der Waals surface area contributed by atoms with Gasteiger partial charge in [0.2, 0.25) is 0 Å². The third-order valence-electron chi connectivity index (χ3n) is 16.5. The Labute approximate surface area is 504 Å². The molecule has 0 saturated heterocycles. The highest BCUT2D eigenvalue weighted by atomic mass is 16.7. The number of hydrogen-bond donors (Lipinski definition) is 1. The zero-order chi connectivity index (χ0) is 59.1. The lowest BCUT2D eigenvalue weighted by Gasteiger charge is -2.25. The first kappa shape index (κ1) is 79.0. The number of unbranched alkanes of at least 4 members (excludes halogenated alkanes) is 51. The quantitative estimate of drug-likeness (QED) is 0.0211. The van der Waals surface area contributed by atoms with Gasteiger partial charge in [0.1, 0.15) is 13.2 Å². The van der Waals surface area contributed by atoms with Crippen molar-refractivity contribution in [3.8, 4) is 0 Å². The van der Waals surface area contributed by atoms with E-state index in [0.29, 0.717) is 17.4 Å². The van der Waals surface area contributed by atoms with Crippen molar-refractivity contribution in [1.82, 2.24) is 0 Å². The lowest BCUT2D eigenvalue weighted by Crippen LogP contribution is -2.40. The van der Waals surface area contributed by atoms with E-state index in [2.05, 4.69) is 26.0 Å². The second-order valence-corrected chi connectivity index (χ2v) is 25.9. The number of allylic oxidation sites excluding steroid dienone is 2. The molecule has 0 amide bonds. The summed E-state index contributed by atoms with van der Waals surface area (Å²) in [5.74, 6) is -1.98. The fourth-order valence-corrected chi connectivity index (χ4v) is 11.0. The second-order valence-electron chi connectivity index (χ2n) is 25.9. The van der Waals surface area contributed by atoms with Crippen LogP contribution in [-0.2, 0) is 33.3 Å². The minimum Gasteiger partial charge on any atom is -0.477 e. The third-order valence-corrected chi connectivity index (χ3v) is 16.5. The van der Waals surface area contributed by atoms with Gasteiger partial charge < -0.3 is 28.5 Å². The van der Waals surface area contributed by atoms with Crippen molar-refractivity contribution in [1.29, 1.82) is 0 Å². The van der Waals surface area contributed by atoms with Crippen LogP contribution in [0.4, 0.5) is 0 Å². The average molecular weight is 1150 g/mol. The van der Waals surface area contributed by atoms with Crippen LogP contribution in [-0.4, -0.2) is 87.4 Å². The first-order valence-electron chi connectivity index (χ1n) is 35.9. The Hall–Kier alpha value is -1.97. The molecular formula is C72H140NO8+. The summed E-state index contributed by atoms with van der Waals surface area (Å²) in [5, 5.41) is 9.72. The highest BCUT2D eigenvalue weighted by molar-refractivity contribution is 5.71. The fourth-order valence-electron chi connectivity index (χ4n) is 11.0. The number of rotatable bonds is 68. The number of esters is 2. The van der Waals surface area contributed by atoms with Crippen LogP contribution in [0.3, 0.4) is 0 Å². The van der Waals surface area contributed by atoms with Crippen molar-refractivity contribution < 1.29 is 42.9 Å². The number of carboxylic acid groups (broad SMARTS) is 1. The molecule has 9 nitrogen and oxygen atoms in total. The molecule has 0 fully saturated rings. The Morgan fingerprint density at radius 1 is 0.358 bits per heavy atom. The molecule has 0 bridgehead atoms. The van der Waals surface area contributed by atoms with Crippen LogP contribution in [0.1, 0.15) is 373 Å². The highest BCUT2D eigenvalue weighted by Crippen LogP contribution is 2.19. The van der Waals surface area contributed by atoms with Gasteiger partial charge in [0.15, 0.2) is 6.10 Å². The van der Waals surface area contributed by atoms with Crippen molar-refractivity contribution >= 4 is 17.9 Å².